The van der Waals surface area contributed by atoms with Gasteiger partial charge < -0.3 is 9.47 Å². The van der Waals surface area contributed by atoms with E-state index in [-0.39, 0.29) is 11.5 Å². The summed E-state index contributed by atoms with van der Waals surface area (Å²) in [7, 11) is 1.72. The van der Waals surface area contributed by atoms with Crippen molar-refractivity contribution in [2.24, 2.45) is 7.05 Å². The first kappa shape index (κ1) is 17.8. The normalized spacial score (nSPS) is 15.6. The smallest absolute Gasteiger partial charge is 0.279 e. The summed E-state index contributed by atoms with van der Waals surface area (Å²) in [6.45, 7) is 5.77. The molecule has 1 aromatic carbocycles. The van der Waals surface area contributed by atoms with E-state index >= 15 is 0 Å². The number of hydrogen-bond donors (Lipinski definition) is 0. The van der Waals surface area contributed by atoms with Crippen molar-refractivity contribution in [2.45, 2.75) is 38.5 Å². The number of imidazole rings is 1. The van der Waals surface area contributed by atoms with E-state index in [9.17, 15) is 4.79 Å². The fraction of sp³-hybridized carbons (Fsp3) is 0.429. The van der Waals surface area contributed by atoms with Gasteiger partial charge in [0.15, 0.2) is 0 Å². The molecule has 1 aliphatic heterocycles. The molecule has 1 saturated heterocycles. The first-order valence-electron chi connectivity index (χ1n) is 9.47. The summed E-state index contributed by atoms with van der Waals surface area (Å²) in [5.41, 5.74) is 1.75. The second-order valence-electron chi connectivity index (χ2n) is 7.42. The molecule has 0 unspecified atom stereocenters. The predicted octanol–water partition coefficient (Wildman–Crippen LogP) is 3.84. The number of hydrogen-bond acceptors (Lipinski definition) is 4. The summed E-state index contributed by atoms with van der Waals surface area (Å²) in [5, 5.41) is 0. The molecule has 0 amide bonds. The van der Waals surface area contributed by atoms with Gasteiger partial charge in [-0.3, -0.25) is 13.8 Å². The quantitative estimate of drug-likeness (QED) is 0.703. The van der Waals surface area contributed by atoms with Crippen molar-refractivity contribution < 1.29 is 9.47 Å². The largest absolute Gasteiger partial charge is 0.439 e. The summed E-state index contributed by atoms with van der Waals surface area (Å²) < 4.78 is 14.8. The molecule has 0 N–H and O–H groups in total. The van der Waals surface area contributed by atoms with Gasteiger partial charge in [-0.15, -0.1) is 0 Å². The van der Waals surface area contributed by atoms with Crippen LogP contribution in [0.2, 0.25) is 0 Å². The molecule has 0 radical (unpaired) electrons. The van der Waals surface area contributed by atoms with Gasteiger partial charge in [-0.2, -0.15) is 0 Å². The average molecular weight is 367 g/mol. The molecule has 142 valence electrons. The summed E-state index contributed by atoms with van der Waals surface area (Å²) in [6, 6.07) is 8.16. The number of rotatable bonds is 4. The van der Waals surface area contributed by atoms with Crippen LogP contribution in [-0.4, -0.2) is 27.2 Å². The molecule has 3 heterocycles. The Morgan fingerprint density at radius 3 is 2.56 bits per heavy atom. The van der Waals surface area contributed by atoms with Gasteiger partial charge in [-0.05, 0) is 36.5 Å². The van der Waals surface area contributed by atoms with Crippen LogP contribution in [0.4, 0.5) is 0 Å². The lowest BCUT2D eigenvalue weighted by molar-refractivity contribution is 0.0853. The lowest BCUT2D eigenvalue weighted by Crippen LogP contribution is -2.20. The standard InChI is InChI=1S/C21H25N3O3/c1-14(2)20-22-12-18-21(25)23(3)19(13-24(18)20)27-17-6-4-15(5-7-17)16-8-10-26-11-9-16/h4-7,12-14,16H,8-11H2,1-3H3. The SMILES string of the molecule is CC(C)c1ncc2c(=O)n(C)c(Oc3ccc(C4CCOCC4)cc3)cn12. The highest BCUT2D eigenvalue weighted by molar-refractivity contribution is 5.46. The molecule has 0 bridgehead atoms. The van der Waals surface area contributed by atoms with Gasteiger partial charge >= 0.3 is 0 Å². The molecule has 6 nitrogen and oxygen atoms in total. The fourth-order valence-corrected chi connectivity index (χ4v) is 3.62. The highest BCUT2D eigenvalue weighted by Crippen LogP contribution is 2.29. The molecule has 27 heavy (non-hydrogen) atoms. The van der Waals surface area contributed by atoms with Gasteiger partial charge in [0.1, 0.15) is 17.1 Å². The van der Waals surface area contributed by atoms with Gasteiger partial charge in [0, 0.05) is 26.2 Å². The highest BCUT2D eigenvalue weighted by atomic mass is 16.5. The molecule has 1 aliphatic rings. The Bertz CT molecular complexity index is 996. The van der Waals surface area contributed by atoms with Crippen LogP contribution >= 0.6 is 0 Å². The van der Waals surface area contributed by atoms with Crippen molar-refractivity contribution in [3.8, 4) is 11.6 Å². The second kappa shape index (κ2) is 7.19. The number of ether oxygens (including phenoxy) is 2. The molecular weight excluding hydrogens is 342 g/mol. The molecule has 0 atom stereocenters. The zero-order valence-corrected chi connectivity index (χ0v) is 16.0. The summed E-state index contributed by atoms with van der Waals surface area (Å²) in [5.74, 6) is 2.82. The van der Waals surface area contributed by atoms with Crippen LogP contribution in [0, 0.1) is 0 Å². The van der Waals surface area contributed by atoms with E-state index in [1.807, 2.05) is 22.7 Å². The van der Waals surface area contributed by atoms with Crippen LogP contribution in [0.1, 0.15) is 49.9 Å². The van der Waals surface area contributed by atoms with Crippen molar-refractivity contribution in [1.82, 2.24) is 14.0 Å². The van der Waals surface area contributed by atoms with Crippen LogP contribution in [0.15, 0.2) is 41.5 Å². The minimum absolute atomic E-state index is 0.120. The summed E-state index contributed by atoms with van der Waals surface area (Å²) in [6.07, 6.45) is 5.59. The van der Waals surface area contributed by atoms with Gasteiger partial charge in [-0.25, -0.2) is 4.98 Å². The average Bonchev–Trinajstić information content (AvgIpc) is 3.11. The van der Waals surface area contributed by atoms with E-state index in [1.54, 1.807) is 13.2 Å². The second-order valence-corrected chi connectivity index (χ2v) is 7.42. The lowest BCUT2D eigenvalue weighted by Gasteiger charge is -2.22. The topological polar surface area (TPSA) is 57.8 Å². The number of nitrogens with zero attached hydrogens (tertiary/aromatic N) is 3. The Morgan fingerprint density at radius 2 is 1.89 bits per heavy atom. The maximum Gasteiger partial charge on any atom is 0.279 e. The third kappa shape index (κ3) is 3.37. The van der Waals surface area contributed by atoms with E-state index in [1.165, 1.54) is 10.1 Å². The molecule has 4 rings (SSSR count). The van der Waals surface area contributed by atoms with E-state index in [0.717, 1.165) is 31.9 Å². The van der Waals surface area contributed by atoms with Crippen LogP contribution in [-0.2, 0) is 11.8 Å². The first-order chi connectivity index (χ1) is 13.0. The Balaban J connectivity index is 1.63. The third-order valence-electron chi connectivity index (χ3n) is 5.23. The minimum Gasteiger partial charge on any atom is -0.439 e. The molecule has 6 heteroatoms. The Morgan fingerprint density at radius 1 is 1.19 bits per heavy atom. The number of benzene rings is 1. The van der Waals surface area contributed by atoms with Crippen molar-refractivity contribution >= 4 is 5.52 Å². The van der Waals surface area contributed by atoms with Crippen molar-refractivity contribution in [3.63, 3.8) is 0 Å². The Hall–Kier alpha value is -2.60. The zero-order chi connectivity index (χ0) is 19.0. The summed E-state index contributed by atoms with van der Waals surface area (Å²) in [4.78, 5) is 17.0. The van der Waals surface area contributed by atoms with Gasteiger partial charge in [0.25, 0.3) is 5.56 Å². The maximum absolute atomic E-state index is 12.6. The molecule has 1 fully saturated rings. The van der Waals surface area contributed by atoms with Crippen LogP contribution in [0.3, 0.4) is 0 Å². The van der Waals surface area contributed by atoms with Crippen LogP contribution < -0.4 is 10.3 Å². The Labute approximate surface area is 158 Å². The van der Waals surface area contributed by atoms with E-state index in [2.05, 4.69) is 31.0 Å². The van der Waals surface area contributed by atoms with Gasteiger partial charge in [0.2, 0.25) is 5.88 Å². The van der Waals surface area contributed by atoms with Crippen molar-refractivity contribution in [2.75, 3.05) is 13.2 Å². The van der Waals surface area contributed by atoms with E-state index in [0.29, 0.717) is 23.1 Å². The molecule has 3 aromatic rings. The summed E-state index contributed by atoms with van der Waals surface area (Å²) >= 11 is 0. The predicted molar refractivity (Wildman–Crippen MR) is 104 cm³/mol. The third-order valence-corrected chi connectivity index (χ3v) is 5.23. The molecule has 0 saturated carbocycles. The minimum atomic E-state index is -0.120. The van der Waals surface area contributed by atoms with Crippen LogP contribution in [0.5, 0.6) is 11.6 Å². The van der Waals surface area contributed by atoms with Crippen LogP contribution in [0.25, 0.3) is 5.52 Å². The highest BCUT2D eigenvalue weighted by Gasteiger charge is 2.17. The zero-order valence-electron chi connectivity index (χ0n) is 16.0. The molecular formula is C21H25N3O3. The van der Waals surface area contributed by atoms with E-state index in [4.69, 9.17) is 9.47 Å². The monoisotopic (exact) mass is 367 g/mol. The maximum atomic E-state index is 12.6. The molecule has 2 aromatic heterocycles. The fourth-order valence-electron chi connectivity index (χ4n) is 3.62. The molecule has 0 spiro atoms. The number of fused-ring (bicyclic) bond motifs is 1. The lowest BCUT2D eigenvalue weighted by atomic mass is 9.92. The van der Waals surface area contributed by atoms with Crippen molar-refractivity contribution in [3.05, 3.63) is 58.4 Å². The first-order valence-corrected chi connectivity index (χ1v) is 9.47. The number of aromatic nitrogens is 3. The van der Waals surface area contributed by atoms with Crippen molar-refractivity contribution in [1.29, 1.82) is 0 Å². The van der Waals surface area contributed by atoms with Gasteiger partial charge in [0.05, 0.1) is 12.4 Å². The van der Waals surface area contributed by atoms with E-state index < -0.39 is 0 Å². The van der Waals surface area contributed by atoms with Gasteiger partial charge in [-0.1, -0.05) is 26.0 Å². The Kier molecular flexibility index (Phi) is 4.74. The molecule has 0 aliphatic carbocycles.